The van der Waals surface area contributed by atoms with Crippen LogP contribution in [0.1, 0.15) is 5.56 Å². The summed E-state index contributed by atoms with van der Waals surface area (Å²) >= 11 is 1.99. The molecule has 0 aliphatic rings. The Balaban J connectivity index is 2.39. The van der Waals surface area contributed by atoms with Crippen molar-refractivity contribution in [2.75, 3.05) is 11.5 Å². The Hall–Kier alpha value is -1.31. The summed E-state index contributed by atoms with van der Waals surface area (Å²) in [5.74, 6) is -0.485. The lowest BCUT2D eigenvalue weighted by molar-refractivity contribution is -0.142. The first-order chi connectivity index (χ1) is 8.67. The lowest BCUT2D eigenvalue weighted by Gasteiger charge is -2.13. The number of amides is 1. The van der Waals surface area contributed by atoms with Crippen LogP contribution in [0.25, 0.3) is 0 Å². The second kappa shape index (κ2) is 7.91. The van der Waals surface area contributed by atoms with Gasteiger partial charge in [-0.1, -0.05) is 52.9 Å². The van der Waals surface area contributed by atoms with Crippen LogP contribution in [-0.4, -0.2) is 29.6 Å². The van der Waals surface area contributed by atoms with E-state index >= 15 is 0 Å². The summed E-state index contributed by atoms with van der Waals surface area (Å²) in [6.45, 7) is 0.168. The van der Waals surface area contributed by atoms with Gasteiger partial charge in [0.05, 0.1) is 7.11 Å². The summed E-state index contributed by atoms with van der Waals surface area (Å²) in [6.07, 6.45) is -0.633. The quantitative estimate of drug-likeness (QED) is 0.493. The molecule has 0 spiro atoms. The summed E-state index contributed by atoms with van der Waals surface area (Å²) in [5, 5.41) is 2.44. The number of halogens is 1. The van der Waals surface area contributed by atoms with Crippen LogP contribution < -0.4 is 5.32 Å². The number of benzene rings is 1. The van der Waals surface area contributed by atoms with Gasteiger partial charge in [0.15, 0.2) is 0 Å². The van der Waals surface area contributed by atoms with E-state index in [1.807, 2.05) is 52.9 Å². The highest BCUT2D eigenvalue weighted by Gasteiger charge is 2.20. The predicted octanol–water partition coefficient (Wildman–Crippen LogP) is 1.89. The molecule has 5 nitrogen and oxygen atoms in total. The third-order valence-corrected chi connectivity index (χ3v) is 3.03. The number of methoxy groups -OCH3 is 1. The summed E-state index contributed by atoms with van der Waals surface area (Å²) in [6, 6.07) is 8.62. The number of esters is 1. The summed E-state index contributed by atoms with van der Waals surface area (Å²) < 4.78 is 9.97. The smallest absolute Gasteiger partial charge is 0.408 e. The zero-order chi connectivity index (χ0) is 13.4. The van der Waals surface area contributed by atoms with E-state index in [4.69, 9.17) is 4.74 Å². The number of nitrogens with one attached hydrogen (secondary N) is 1. The van der Waals surface area contributed by atoms with Crippen molar-refractivity contribution in [3.8, 4) is 0 Å². The minimum atomic E-state index is -0.682. The SMILES string of the molecule is COC(=O)[C@@H](CI)NC(=O)OCc1ccccc1. The van der Waals surface area contributed by atoms with E-state index in [0.29, 0.717) is 4.43 Å². The van der Waals surface area contributed by atoms with Gasteiger partial charge in [-0.25, -0.2) is 9.59 Å². The van der Waals surface area contributed by atoms with E-state index < -0.39 is 18.1 Å². The lowest BCUT2D eigenvalue weighted by Crippen LogP contribution is -2.42. The van der Waals surface area contributed by atoms with E-state index in [1.165, 1.54) is 7.11 Å². The van der Waals surface area contributed by atoms with Crippen molar-refractivity contribution in [1.82, 2.24) is 5.32 Å². The van der Waals surface area contributed by atoms with E-state index in [-0.39, 0.29) is 6.61 Å². The van der Waals surface area contributed by atoms with E-state index in [0.717, 1.165) is 5.56 Å². The summed E-state index contributed by atoms with van der Waals surface area (Å²) in [7, 11) is 1.28. The van der Waals surface area contributed by atoms with Gasteiger partial charge in [0, 0.05) is 4.43 Å². The normalized spacial score (nSPS) is 11.4. The molecule has 0 unspecified atom stereocenters. The average Bonchev–Trinajstić information content (AvgIpc) is 2.42. The Labute approximate surface area is 119 Å². The Kier molecular flexibility index (Phi) is 6.48. The van der Waals surface area contributed by atoms with Crippen LogP contribution in [0.3, 0.4) is 0 Å². The van der Waals surface area contributed by atoms with Crippen molar-refractivity contribution in [3.63, 3.8) is 0 Å². The van der Waals surface area contributed by atoms with Crippen molar-refractivity contribution >= 4 is 34.7 Å². The minimum absolute atomic E-state index is 0.168. The molecule has 0 heterocycles. The average molecular weight is 363 g/mol. The van der Waals surface area contributed by atoms with Gasteiger partial charge in [-0.15, -0.1) is 0 Å². The van der Waals surface area contributed by atoms with Crippen molar-refractivity contribution < 1.29 is 19.1 Å². The number of ether oxygens (including phenoxy) is 2. The van der Waals surface area contributed by atoms with Crippen LogP contribution >= 0.6 is 22.6 Å². The number of hydrogen-bond acceptors (Lipinski definition) is 4. The van der Waals surface area contributed by atoms with Crippen molar-refractivity contribution in [1.29, 1.82) is 0 Å². The molecule has 1 amide bonds. The molecular formula is C12H14INO4. The molecule has 98 valence electrons. The maximum atomic E-state index is 11.5. The molecular weight excluding hydrogens is 349 g/mol. The maximum Gasteiger partial charge on any atom is 0.408 e. The molecule has 1 N–H and O–H groups in total. The van der Waals surface area contributed by atoms with E-state index in [9.17, 15) is 9.59 Å². The molecule has 18 heavy (non-hydrogen) atoms. The maximum absolute atomic E-state index is 11.5. The number of hydrogen-bond donors (Lipinski definition) is 1. The molecule has 0 aliphatic carbocycles. The van der Waals surface area contributed by atoms with Gasteiger partial charge >= 0.3 is 12.1 Å². The molecule has 0 aromatic heterocycles. The second-order valence-electron chi connectivity index (χ2n) is 3.44. The monoisotopic (exact) mass is 363 g/mol. The Bertz CT molecular complexity index is 396. The summed E-state index contributed by atoms with van der Waals surface area (Å²) in [4.78, 5) is 22.7. The number of carbonyl (C=O) groups is 2. The first-order valence-electron chi connectivity index (χ1n) is 5.28. The topological polar surface area (TPSA) is 64.6 Å². The molecule has 0 saturated carbocycles. The van der Waals surface area contributed by atoms with Crippen LogP contribution in [0.4, 0.5) is 4.79 Å². The number of alkyl carbamates (subject to hydrolysis) is 1. The molecule has 0 radical (unpaired) electrons. The zero-order valence-corrected chi connectivity index (χ0v) is 12.0. The zero-order valence-electron chi connectivity index (χ0n) is 9.89. The Morgan fingerprint density at radius 1 is 1.33 bits per heavy atom. The fourth-order valence-electron chi connectivity index (χ4n) is 1.21. The highest BCUT2D eigenvalue weighted by molar-refractivity contribution is 14.1. The standard InChI is InChI=1S/C12H14INO4/c1-17-11(15)10(7-13)14-12(16)18-8-9-5-3-2-4-6-9/h2-6,10H,7-8H2,1H3,(H,14,16)/t10-/m1/s1. The molecule has 0 saturated heterocycles. The van der Waals surface area contributed by atoms with Gasteiger partial charge in [0.25, 0.3) is 0 Å². The van der Waals surface area contributed by atoms with Crippen LogP contribution in [0.2, 0.25) is 0 Å². The van der Waals surface area contributed by atoms with Crippen molar-refractivity contribution in [2.24, 2.45) is 0 Å². The van der Waals surface area contributed by atoms with Gasteiger partial charge in [0.2, 0.25) is 0 Å². The number of alkyl halides is 1. The first-order valence-corrected chi connectivity index (χ1v) is 6.81. The Morgan fingerprint density at radius 2 is 2.00 bits per heavy atom. The number of rotatable bonds is 5. The molecule has 0 aliphatic heterocycles. The Morgan fingerprint density at radius 3 is 2.56 bits per heavy atom. The van der Waals surface area contributed by atoms with Gasteiger partial charge in [-0.3, -0.25) is 0 Å². The molecule has 1 aromatic carbocycles. The third-order valence-electron chi connectivity index (χ3n) is 2.14. The van der Waals surface area contributed by atoms with E-state index in [2.05, 4.69) is 10.1 Å². The van der Waals surface area contributed by atoms with Crippen LogP contribution in [-0.2, 0) is 20.9 Å². The van der Waals surface area contributed by atoms with E-state index in [1.54, 1.807) is 0 Å². The molecule has 1 atom stereocenters. The first kappa shape index (κ1) is 14.7. The van der Waals surface area contributed by atoms with Crippen LogP contribution in [0, 0.1) is 0 Å². The largest absolute Gasteiger partial charge is 0.467 e. The summed E-state index contributed by atoms with van der Waals surface area (Å²) in [5.41, 5.74) is 0.886. The molecule has 6 heteroatoms. The van der Waals surface area contributed by atoms with Crippen LogP contribution in [0.5, 0.6) is 0 Å². The predicted molar refractivity (Wildman–Crippen MR) is 74.5 cm³/mol. The van der Waals surface area contributed by atoms with Gasteiger partial charge < -0.3 is 14.8 Å². The fraction of sp³-hybridized carbons (Fsp3) is 0.333. The highest BCUT2D eigenvalue weighted by Crippen LogP contribution is 2.01. The third kappa shape index (κ3) is 4.91. The lowest BCUT2D eigenvalue weighted by atomic mass is 10.2. The van der Waals surface area contributed by atoms with Crippen molar-refractivity contribution in [2.45, 2.75) is 12.6 Å². The number of carbonyl (C=O) groups excluding carboxylic acids is 2. The minimum Gasteiger partial charge on any atom is -0.467 e. The highest BCUT2D eigenvalue weighted by atomic mass is 127. The van der Waals surface area contributed by atoms with Gasteiger partial charge in [0.1, 0.15) is 12.6 Å². The van der Waals surface area contributed by atoms with Gasteiger partial charge in [-0.05, 0) is 5.56 Å². The second-order valence-corrected chi connectivity index (χ2v) is 4.32. The fourth-order valence-corrected chi connectivity index (χ4v) is 1.79. The molecule has 0 fully saturated rings. The van der Waals surface area contributed by atoms with Crippen LogP contribution in [0.15, 0.2) is 30.3 Å². The molecule has 0 bridgehead atoms. The molecule has 1 rings (SSSR count). The molecule has 1 aromatic rings. The van der Waals surface area contributed by atoms with Gasteiger partial charge in [-0.2, -0.15) is 0 Å². The van der Waals surface area contributed by atoms with Crippen molar-refractivity contribution in [3.05, 3.63) is 35.9 Å².